The van der Waals surface area contributed by atoms with Crippen LogP contribution in [0.25, 0.3) is 0 Å². The molecule has 0 aliphatic rings. The number of rotatable bonds is 4. The monoisotopic (exact) mass is 220 g/mol. The fourth-order valence-electron chi connectivity index (χ4n) is 1.16. The molecule has 0 radical (unpaired) electrons. The molecule has 0 saturated carbocycles. The number of aromatic nitrogens is 5. The fourth-order valence-corrected chi connectivity index (χ4v) is 1.16. The lowest BCUT2D eigenvalue weighted by atomic mass is 10.5. The fraction of sp³-hybridized carbons (Fsp3) is 0.250. The van der Waals surface area contributed by atoms with Crippen molar-refractivity contribution >= 4 is 11.8 Å². The summed E-state index contributed by atoms with van der Waals surface area (Å²) in [6.45, 7) is 0.502. The van der Waals surface area contributed by atoms with Gasteiger partial charge in [-0.05, 0) is 6.07 Å². The van der Waals surface area contributed by atoms with Crippen LogP contribution >= 0.6 is 0 Å². The second-order valence-corrected chi connectivity index (χ2v) is 3.10. The maximum Gasteiger partial charge on any atom is 0.239 e. The van der Waals surface area contributed by atoms with Gasteiger partial charge in [-0.2, -0.15) is 10.1 Å². The van der Waals surface area contributed by atoms with Crippen LogP contribution in [-0.2, 0) is 13.6 Å². The molecule has 8 nitrogen and oxygen atoms in total. The van der Waals surface area contributed by atoms with Crippen LogP contribution in [0.2, 0.25) is 0 Å². The van der Waals surface area contributed by atoms with E-state index >= 15 is 0 Å². The predicted octanol–water partition coefficient (Wildman–Crippen LogP) is -0.497. The van der Waals surface area contributed by atoms with E-state index in [1.807, 2.05) is 7.05 Å². The van der Waals surface area contributed by atoms with E-state index in [1.165, 1.54) is 0 Å². The van der Waals surface area contributed by atoms with E-state index in [2.05, 4.69) is 30.8 Å². The summed E-state index contributed by atoms with van der Waals surface area (Å²) in [5.74, 6) is 6.92. The summed E-state index contributed by atoms with van der Waals surface area (Å²) in [6.07, 6.45) is 3.25. The van der Waals surface area contributed by atoms with Crippen molar-refractivity contribution in [1.29, 1.82) is 0 Å². The first-order chi connectivity index (χ1) is 7.78. The average molecular weight is 220 g/mol. The van der Waals surface area contributed by atoms with E-state index < -0.39 is 0 Å². The van der Waals surface area contributed by atoms with Gasteiger partial charge >= 0.3 is 0 Å². The number of nitrogens with one attached hydrogen (secondary N) is 2. The number of nitrogens with two attached hydrogens (primary N) is 1. The Morgan fingerprint density at radius 2 is 2.31 bits per heavy atom. The van der Waals surface area contributed by atoms with Gasteiger partial charge in [-0.3, -0.25) is 10.1 Å². The van der Waals surface area contributed by atoms with E-state index in [1.54, 1.807) is 23.3 Å². The molecule has 0 unspecified atom stereocenters. The molecule has 0 fully saturated rings. The van der Waals surface area contributed by atoms with Crippen molar-refractivity contribution in [3.8, 4) is 0 Å². The molecule has 0 atom stereocenters. The minimum atomic E-state index is 0.360. The Balaban J connectivity index is 1.99. The number of nitrogens with zero attached hydrogens (tertiary/aromatic N) is 5. The van der Waals surface area contributed by atoms with Crippen molar-refractivity contribution < 1.29 is 0 Å². The topological polar surface area (TPSA) is 107 Å². The summed E-state index contributed by atoms with van der Waals surface area (Å²) in [5.41, 5.74) is 2.37. The van der Waals surface area contributed by atoms with Gasteiger partial charge in [0.05, 0.1) is 6.54 Å². The normalized spacial score (nSPS) is 10.1. The van der Waals surface area contributed by atoms with Crippen molar-refractivity contribution in [3.63, 3.8) is 0 Å². The van der Waals surface area contributed by atoms with Crippen LogP contribution in [0.15, 0.2) is 18.6 Å². The van der Waals surface area contributed by atoms with Gasteiger partial charge in [0, 0.05) is 13.2 Å². The highest BCUT2D eigenvalue weighted by Crippen LogP contribution is 2.05. The molecule has 0 spiro atoms. The molecule has 16 heavy (non-hydrogen) atoms. The number of hydrazine groups is 1. The molecular weight excluding hydrogens is 208 g/mol. The summed E-state index contributed by atoms with van der Waals surface area (Å²) >= 11 is 0. The predicted molar refractivity (Wildman–Crippen MR) is 58.2 cm³/mol. The summed E-state index contributed by atoms with van der Waals surface area (Å²) in [6, 6.07) is 1.74. The molecule has 8 heteroatoms. The lowest BCUT2D eigenvalue weighted by molar-refractivity contribution is 0.747. The lowest BCUT2D eigenvalue weighted by Gasteiger charge is -2.03. The summed E-state index contributed by atoms with van der Waals surface area (Å²) in [7, 11) is 1.82. The molecule has 0 aliphatic carbocycles. The molecule has 0 amide bonds. The van der Waals surface area contributed by atoms with E-state index in [9.17, 15) is 0 Å². The van der Waals surface area contributed by atoms with Crippen molar-refractivity contribution in [3.05, 3.63) is 24.4 Å². The second kappa shape index (κ2) is 4.53. The van der Waals surface area contributed by atoms with Gasteiger partial charge in [-0.1, -0.05) is 0 Å². The number of hydrogen-bond donors (Lipinski definition) is 3. The molecule has 0 aliphatic heterocycles. The van der Waals surface area contributed by atoms with E-state index in [-0.39, 0.29) is 0 Å². The Kier molecular flexibility index (Phi) is 2.92. The number of anilines is 2. The molecule has 4 N–H and O–H groups in total. The highest BCUT2D eigenvalue weighted by atomic mass is 15.3. The summed E-state index contributed by atoms with van der Waals surface area (Å²) in [4.78, 5) is 12.1. The highest BCUT2D eigenvalue weighted by molar-refractivity contribution is 5.38. The first-order valence-corrected chi connectivity index (χ1v) is 4.66. The summed E-state index contributed by atoms with van der Waals surface area (Å²) in [5, 5.41) is 7.19. The summed E-state index contributed by atoms with van der Waals surface area (Å²) < 4.78 is 1.64. The standard InChI is InChI=1S/C8H12N8/c1-16-5-12-7(15-16)4-11-6-2-3-10-8(13-6)14-9/h2-3,5H,4,9H2,1H3,(H2,10,11,13,14). The maximum absolute atomic E-state index is 5.20. The van der Waals surface area contributed by atoms with Gasteiger partial charge in [0.1, 0.15) is 12.1 Å². The maximum atomic E-state index is 5.20. The highest BCUT2D eigenvalue weighted by Gasteiger charge is 2.00. The zero-order valence-electron chi connectivity index (χ0n) is 8.75. The van der Waals surface area contributed by atoms with Gasteiger partial charge < -0.3 is 5.32 Å². The molecule has 84 valence electrons. The Morgan fingerprint density at radius 3 is 3.00 bits per heavy atom. The van der Waals surface area contributed by atoms with Crippen LogP contribution < -0.4 is 16.6 Å². The van der Waals surface area contributed by atoms with E-state index in [4.69, 9.17) is 5.84 Å². The lowest BCUT2D eigenvalue weighted by Crippen LogP contribution is -2.11. The van der Waals surface area contributed by atoms with Crippen LogP contribution in [0.3, 0.4) is 0 Å². The smallest absolute Gasteiger partial charge is 0.239 e. The molecule has 0 aromatic carbocycles. The number of nitrogen functional groups attached to an aromatic ring is 1. The molecule has 2 aromatic rings. The van der Waals surface area contributed by atoms with Crippen molar-refractivity contribution in [2.24, 2.45) is 12.9 Å². The van der Waals surface area contributed by atoms with Crippen molar-refractivity contribution in [2.75, 3.05) is 10.7 Å². The van der Waals surface area contributed by atoms with Gasteiger partial charge in [-0.15, -0.1) is 0 Å². The zero-order valence-corrected chi connectivity index (χ0v) is 8.75. The molecular formula is C8H12N8. The zero-order chi connectivity index (χ0) is 11.4. The largest absolute Gasteiger partial charge is 0.363 e. The third kappa shape index (κ3) is 2.42. The first kappa shape index (κ1) is 10.3. The van der Waals surface area contributed by atoms with Crippen LogP contribution in [0.5, 0.6) is 0 Å². The van der Waals surface area contributed by atoms with E-state index in [0.29, 0.717) is 24.1 Å². The first-order valence-electron chi connectivity index (χ1n) is 4.66. The SMILES string of the molecule is Cn1cnc(CNc2ccnc(NN)n2)n1. The molecule has 2 rings (SSSR count). The van der Waals surface area contributed by atoms with Gasteiger partial charge in [0.15, 0.2) is 5.82 Å². The molecule has 0 bridgehead atoms. The Labute approximate surface area is 91.9 Å². The second-order valence-electron chi connectivity index (χ2n) is 3.10. The van der Waals surface area contributed by atoms with Gasteiger partial charge in [0.25, 0.3) is 0 Å². The van der Waals surface area contributed by atoms with Crippen LogP contribution in [-0.4, -0.2) is 24.7 Å². The molecule has 2 aromatic heterocycles. The Morgan fingerprint density at radius 1 is 1.44 bits per heavy atom. The third-order valence-corrected chi connectivity index (χ3v) is 1.86. The van der Waals surface area contributed by atoms with E-state index in [0.717, 1.165) is 0 Å². The average Bonchev–Trinajstić information content (AvgIpc) is 2.73. The Bertz CT molecular complexity index is 465. The van der Waals surface area contributed by atoms with Crippen molar-refractivity contribution in [1.82, 2.24) is 24.7 Å². The molecule has 0 saturated heterocycles. The number of aryl methyl sites for hydroxylation is 1. The van der Waals surface area contributed by atoms with Gasteiger partial charge in [0.2, 0.25) is 5.95 Å². The van der Waals surface area contributed by atoms with Crippen LogP contribution in [0.1, 0.15) is 5.82 Å². The minimum Gasteiger partial charge on any atom is -0.363 e. The molecule has 2 heterocycles. The van der Waals surface area contributed by atoms with Crippen LogP contribution in [0, 0.1) is 0 Å². The van der Waals surface area contributed by atoms with Crippen molar-refractivity contribution in [2.45, 2.75) is 6.54 Å². The van der Waals surface area contributed by atoms with Crippen LogP contribution in [0.4, 0.5) is 11.8 Å². The van der Waals surface area contributed by atoms with Gasteiger partial charge in [-0.25, -0.2) is 15.8 Å². The quantitative estimate of drug-likeness (QED) is 0.471. The number of hydrogen-bond acceptors (Lipinski definition) is 7. The minimum absolute atomic E-state index is 0.360. The Hall–Kier alpha value is -2.22. The third-order valence-electron chi connectivity index (χ3n) is 1.86.